The number of hydrogen-bond acceptors (Lipinski definition) is 3. The first-order valence-electron chi connectivity index (χ1n) is 8.68. The van der Waals surface area contributed by atoms with Crippen molar-refractivity contribution in [2.45, 2.75) is 44.3 Å². The Kier molecular flexibility index (Phi) is 3.97. The van der Waals surface area contributed by atoms with E-state index < -0.39 is 0 Å². The van der Waals surface area contributed by atoms with Crippen molar-refractivity contribution < 1.29 is 0 Å². The van der Waals surface area contributed by atoms with E-state index in [1.807, 2.05) is 0 Å². The van der Waals surface area contributed by atoms with Crippen LogP contribution < -0.4 is 5.32 Å². The molecule has 1 saturated carbocycles. The molecule has 3 heteroatoms. The highest BCUT2D eigenvalue weighted by molar-refractivity contribution is 5.32. The van der Waals surface area contributed by atoms with E-state index in [9.17, 15) is 0 Å². The molecule has 4 rings (SSSR count). The number of rotatable bonds is 2. The summed E-state index contributed by atoms with van der Waals surface area (Å²) in [6.07, 6.45) is 5.78. The Morgan fingerprint density at radius 3 is 2.43 bits per heavy atom. The molecule has 21 heavy (non-hydrogen) atoms. The molecule has 0 amide bonds. The van der Waals surface area contributed by atoms with Crippen LogP contribution in [0.2, 0.25) is 0 Å². The van der Waals surface area contributed by atoms with Gasteiger partial charge >= 0.3 is 0 Å². The standard InChI is InChI=1S/C18H27N3/c1-4-8-17-15(5-1)13-19-14-18(17)21-11-9-20(10-12-21)16-6-2-3-7-16/h1,4-5,8,16,18-19H,2-3,6-7,9-14H2. The van der Waals surface area contributed by atoms with Gasteiger partial charge in [0.15, 0.2) is 0 Å². The van der Waals surface area contributed by atoms with E-state index in [-0.39, 0.29) is 0 Å². The summed E-state index contributed by atoms with van der Waals surface area (Å²) in [5.41, 5.74) is 3.05. The maximum Gasteiger partial charge on any atom is 0.0477 e. The van der Waals surface area contributed by atoms with Gasteiger partial charge in [-0.1, -0.05) is 37.1 Å². The van der Waals surface area contributed by atoms with Gasteiger partial charge in [-0.05, 0) is 24.0 Å². The summed E-state index contributed by atoms with van der Waals surface area (Å²) in [4.78, 5) is 5.46. The van der Waals surface area contributed by atoms with Crippen LogP contribution in [0.25, 0.3) is 0 Å². The summed E-state index contributed by atoms with van der Waals surface area (Å²) in [5.74, 6) is 0. The number of hydrogen-bond donors (Lipinski definition) is 1. The first kappa shape index (κ1) is 13.7. The number of piperazine rings is 1. The number of fused-ring (bicyclic) bond motifs is 1. The second-order valence-electron chi connectivity index (χ2n) is 6.86. The molecule has 3 nitrogen and oxygen atoms in total. The van der Waals surface area contributed by atoms with Gasteiger partial charge in [-0.3, -0.25) is 9.80 Å². The Labute approximate surface area is 128 Å². The summed E-state index contributed by atoms with van der Waals surface area (Å²) in [6.45, 7) is 7.15. The molecule has 1 aromatic carbocycles. The van der Waals surface area contributed by atoms with Gasteiger partial charge in [-0.2, -0.15) is 0 Å². The van der Waals surface area contributed by atoms with Crippen LogP contribution in [0.5, 0.6) is 0 Å². The van der Waals surface area contributed by atoms with Crippen molar-refractivity contribution in [3.05, 3.63) is 35.4 Å². The second-order valence-corrected chi connectivity index (χ2v) is 6.86. The van der Waals surface area contributed by atoms with Crippen molar-refractivity contribution >= 4 is 0 Å². The third-order valence-electron chi connectivity index (χ3n) is 5.70. The summed E-state index contributed by atoms with van der Waals surface area (Å²) in [5, 5.41) is 3.60. The summed E-state index contributed by atoms with van der Waals surface area (Å²) in [6, 6.07) is 10.5. The predicted octanol–water partition coefficient (Wildman–Crippen LogP) is 2.39. The van der Waals surface area contributed by atoms with Gasteiger partial charge in [0.1, 0.15) is 0 Å². The zero-order chi connectivity index (χ0) is 14.1. The van der Waals surface area contributed by atoms with Crippen LogP contribution in [0.4, 0.5) is 0 Å². The Bertz CT molecular complexity index is 473. The second kappa shape index (κ2) is 6.07. The number of benzene rings is 1. The molecule has 0 radical (unpaired) electrons. The molecule has 114 valence electrons. The van der Waals surface area contributed by atoms with Crippen LogP contribution in [-0.2, 0) is 6.54 Å². The predicted molar refractivity (Wildman–Crippen MR) is 86.3 cm³/mol. The molecule has 1 atom stereocenters. The average molecular weight is 285 g/mol. The van der Waals surface area contributed by atoms with Gasteiger partial charge in [0.25, 0.3) is 0 Å². The SMILES string of the molecule is c1ccc2c(c1)CNCC2N1CCN(C2CCCC2)CC1. The van der Waals surface area contributed by atoms with Crippen molar-refractivity contribution in [3.8, 4) is 0 Å². The molecule has 2 heterocycles. The highest BCUT2D eigenvalue weighted by atomic mass is 15.3. The lowest BCUT2D eigenvalue weighted by Crippen LogP contribution is -2.52. The third-order valence-corrected chi connectivity index (χ3v) is 5.70. The maximum atomic E-state index is 3.60. The molecule has 1 aromatic rings. The van der Waals surface area contributed by atoms with Crippen molar-refractivity contribution in [3.63, 3.8) is 0 Å². The minimum atomic E-state index is 0.584. The van der Waals surface area contributed by atoms with Crippen LogP contribution in [0.3, 0.4) is 0 Å². The molecular weight excluding hydrogens is 258 g/mol. The van der Waals surface area contributed by atoms with Crippen LogP contribution in [0, 0.1) is 0 Å². The first-order valence-corrected chi connectivity index (χ1v) is 8.68. The molecule has 1 saturated heterocycles. The molecule has 3 aliphatic rings. The van der Waals surface area contributed by atoms with Crippen molar-refractivity contribution in [1.29, 1.82) is 0 Å². The first-order chi connectivity index (χ1) is 10.4. The lowest BCUT2D eigenvalue weighted by molar-refractivity contribution is 0.0673. The zero-order valence-corrected chi connectivity index (χ0v) is 12.9. The van der Waals surface area contributed by atoms with Crippen LogP contribution in [0.1, 0.15) is 42.9 Å². The number of nitrogens with one attached hydrogen (secondary N) is 1. The van der Waals surface area contributed by atoms with E-state index in [0.29, 0.717) is 6.04 Å². The molecule has 0 bridgehead atoms. The van der Waals surface area contributed by atoms with E-state index in [1.54, 1.807) is 5.56 Å². The maximum absolute atomic E-state index is 3.60. The Morgan fingerprint density at radius 2 is 1.62 bits per heavy atom. The summed E-state index contributed by atoms with van der Waals surface area (Å²) in [7, 11) is 0. The molecule has 0 aromatic heterocycles. The molecule has 1 aliphatic carbocycles. The normalized spacial score (nSPS) is 28.7. The van der Waals surface area contributed by atoms with E-state index in [2.05, 4.69) is 39.4 Å². The highest BCUT2D eigenvalue weighted by Gasteiger charge is 2.31. The van der Waals surface area contributed by atoms with Crippen LogP contribution in [-0.4, -0.2) is 48.6 Å². The summed E-state index contributed by atoms with van der Waals surface area (Å²) >= 11 is 0. The molecule has 2 aliphatic heterocycles. The van der Waals surface area contributed by atoms with Gasteiger partial charge in [0.2, 0.25) is 0 Å². The lowest BCUT2D eigenvalue weighted by Gasteiger charge is -2.43. The lowest BCUT2D eigenvalue weighted by atomic mass is 9.95. The largest absolute Gasteiger partial charge is 0.311 e. The fraction of sp³-hybridized carbons (Fsp3) is 0.667. The van der Waals surface area contributed by atoms with Gasteiger partial charge in [-0.15, -0.1) is 0 Å². The Balaban J connectivity index is 1.42. The van der Waals surface area contributed by atoms with Crippen molar-refractivity contribution in [2.75, 3.05) is 32.7 Å². The number of nitrogens with zero attached hydrogens (tertiary/aromatic N) is 2. The smallest absolute Gasteiger partial charge is 0.0477 e. The van der Waals surface area contributed by atoms with Crippen LogP contribution >= 0.6 is 0 Å². The zero-order valence-electron chi connectivity index (χ0n) is 12.9. The van der Waals surface area contributed by atoms with E-state index in [1.165, 1.54) is 57.4 Å². The summed E-state index contributed by atoms with van der Waals surface area (Å²) < 4.78 is 0. The minimum absolute atomic E-state index is 0.584. The van der Waals surface area contributed by atoms with Gasteiger partial charge < -0.3 is 5.32 Å². The quantitative estimate of drug-likeness (QED) is 0.900. The van der Waals surface area contributed by atoms with Gasteiger partial charge in [0.05, 0.1) is 0 Å². The molecule has 1 N–H and O–H groups in total. The fourth-order valence-electron chi connectivity index (χ4n) is 4.48. The monoisotopic (exact) mass is 285 g/mol. The average Bonchev–Trinajstić information content (AvgIpc) is 3.09. The third kappa shape index (κ3) is 2.75. The molecule has 2 fully saturated rings. The van der Waals surface area contributed by atoms with E-state index in [0.717, 1.165) is 19.1 Å². The van der Waals surface area contributed by atoms with Gasteiger partial charge in [0, 0.05) is 51.4 Å². The molecule has 0 spiro atoms. The minimum Gasteiger partial charge on any atom is -0.311 e. The Hall–Kier alpha value is -0.900. The molecular formula is C18H27N3. The van der Waals surface area contributed by atoms with Gasteiger partial charge in [-0.25, -0.2) is 0 Å². The van der Waals surface area contributed by atoms with Crippen molar-refractivity contribution in [1.82, 2.24) is 15.1 Å². The van der Waals surface area contributed by atoms with Crippen LogP contribution in [0.15, 0.2) is 24.3 Å². The molecule has 1 unspecified atom stereocenters. The van der Waals surface area contributed by atoms with E-state index >= 15 is 0 Å². The fourth-order valence-corrected chi connectivity index (χ4v) is 4.48. The topological polar surface area (TPSA) is 18.5 Å². The highest BCUT2D eigenvalue weighted by Crippen LogP contribution is 2.30. The van der Waals surface area contributed by atoms with E-state index in [4.69, 9.17) is 0 Å². The van der Waals surface area contributed by atoms with Crippen molar-refractivity contribution in [2.24, 2.45) is 0 Å². The Morgan fingerprint density at radius 1 is 0.905 bits per heavy atom.